The molecule has 63 heavy (non-hydrogen) atoms. The van der Waals surface area contributed by atoms with Gasteiger partial charge in [0, 0.05) is 34.3 Å². The molecular weight excluding hydrogens is 813 g/mol. The number of benzene rings is 5. The molecule has 0 unspecified atom stereocenters. The van der Waals surface area contributed by atoms with Crippen LogP contribution in [0.4, 0.5) is 5.69 Å². The number of amides is 2. The number of aliphatic hydroxyl groups excluding tert-OH is 1. The molecule has 7 aromatic rings. The Bertz CT molecular complexity index is 3110. The van der Waals surface area contributed by atoms with E-state index >= 15 is 4.79 Å². The monoisotopic (exact) mass is 858 g/mol. The SMILES string of the molecule is C[C@H]1[C@H]([Si](C)(C)O)[C@@H](CC(=O)N2Cc3ccccc3C[C@H]2CO)O[C@]12C(=O)N(Cc1cccc(-n3ncc4ccccc4c3=O)c1)c1ccc(-n3ncc4ccccc4c3=O)cc12. The van der Waals surface area contributed by atoms with Gasteiger partial charge in [-0.05, 0) is 78.7 Å². The number of aliphatic hydroxyl groups is 1. The number of nitrogens with zero attached hydrogens (tertiary/aromatic N) is 6. The third-order valence-corrected chi connectivity index (χ3v) is 15.9. The first kappa shape index (κ1) is 40.5. The highest BCUT2D eigenvalue weighted by atomic mass is 28.4. The standard InChI is InChI=1S/C49H46N6O7Si/c1-30-45(63(2,3)61)43(24-44(57)52-28-35-15-5-4-12-32(35)22-38(52)29-56)62-49(30)41-23-37(55-47(59)40-18-9-7-14-34(40)26-51-55)19-20-42(41)53(48(49)60)27-31-11-10-16-36(21-31)54-46(58)39-17-8-6-13-33(39)25-50-54/h4-21,23,25-26,30,38,43,45,56,61H,22,24,27-29H2,1-3H3/t30-,38-,43+,45-,49+/m0/s1. The molecule has 0 radical (unpaired) electrons. The third-order valence-electron chi connectivity index (χ3n) is 13.4. The Morgan fingerprint density at radius 1 is 0.794 bits per heavy atom. The third kappa shape index (κ3) is 6.63. The van der Waals surface area contributed by atoms with Crippen LogP contribution < -0.4 is 16.0 Å². The van der Waals surface area contributed by atoms with Gasteiger partial charge in [0.15, 0.2) is 13.9 Å². The van der Waals surface area contributed by atoms with Crippen molar-refractivity contribution < 1.29 is 24.2 Å². The Morgan fingerprint density at radius 2 is 1.41 bits per heavy atom. The lowest BCUT2D eigenvalue weighted by Crippen LogP contribution is -2.48. The van der Waals surface area contributed by atoms with Crippen molar-refractivity contribution in [1.29, 1.82) is 0 Å². The highest BCUT2D eigenvalue weighted by Gasteiger charge is 2.66. The molecule has 1 spiro atoms. The van der Waals surface area contributed by atoms with Crippen LogP contribution in [-0.2, 0) is 39.4 Å². The normalized spacial score (nSPS) is 22.0. The fourth-order valence-corrected chi connectivity index (χ4v) is 13.0. The van der Waals surface area contributed by atoms with Crippen LogP contribution in [0.5, 0.6) is 0 Å². The fraction of sp³-hybridized carbons (Fsp3) is 0.265. The molecule has 1 saturated heterocycles. The van der Waals surface area contributed by atoms with Crippen LogP contribution in [0.3, 0.4) is 0 Å². The zero-order valence-electron chi connectivity index (χ0n) is 35.1. The van der Waals surface area contributed by atoms with Crippen molar-refractivity contribution >= 4 is 47.4 Å². The molecule has 0 bridgehead atoms. The first-order valence-corrected chi connectivity index (χ1v) is 24.3. The topological polar surface area (TPSA) is 160 Å². The zero-order chi connectivity index (χ0) is 43.8. The summed E-state index contributed by atoms with van der Waals surface area (Å²) < 4.78 is 9.78. The molecule has 5 atom stereocenters. The van der Waals surface area contributed by atoms with Crippen molar-refractivity contribution in [3.05, 3.63) is 171 Å². The molecule has 5 heterocycles. The fourth-order valence-electron chi connectivity index (χ4n) is 10.4. The summed E-state index contributed by atoms with van der Waals surface area (Å²) in [5, 5.41) is 21.9. The average Bonchev–Trinajstić information content (AvgIpc) is 3.71. The molecule has 5 aromatic carbocycles. The Balaban J connectivity index is 1.06. The predicted molar refractivity (Wildman–Crippen MR) is 241 cm³/mol. The highest BCUT2D eigenvalue weighted by Crippen LogP contribution is 2.60. The molecule has 10 rings (SSSR count). The Labute approximate surface area is 363 Å². The predicted octanol–water partition coefficient (Wildman–Crippen LogP) is 5.77. The minimum absolute atomic E-state index is 0.0902. The zero-order valence-corrected chi connectivity index (χ0v) is 36.1. The van der Waals surface area contributed by atoms with E-state index in [1.54, 1.807) is 64.7 Å². The number of carbonyl (C=O) groups excluding carboxylic acids is 2. The minimum Gasteiger partial charge on any atom is -0.432 e. The summed E-state index contributed by atoms with van der Waals surface area (Å²) in [5.74, 6) is -1.22. The molecule has 318 valence electrons. The van der Waals surface area contributed by atoms with E-state index in [-0.39, 0.29) is 42.5 Å². The van der Waals surface area contributed by atoms with E-state index in [9.17, 15) is 24.3 Å². The van der Waals surface area contributed by atoms with Gasteiger partial charge in [-0.1, -0.05) is 79.7 Å². The van der Waals surface area contributed by atoms with Crippen LogP contribution in [0, 0.1) is 5.92 Å². The van der Waals surface area contributed by atoms with Crippen molar-refractivity contribution in [2.24, 2.45) is 5.92 Å². The van der Waals surface area contributed by atoms with E-state index in [1.165, 1.54) is 9.36 Å². The van der Waals surface area contributed by atoms with Crippen molar-refractivity contribution in [3.8, 4) is 11.4 Å². The summed E-state index contributed by atoms with van der Waals surface area (Å²) in [6, 6.07) is 34.6. The van der Waals surface area contributed by atoms with Gasteiger partial charge in [0.05, 0.1) is 71.9 Å². The largest absolute Gasteiger partial charge is 0.432 e. The van der Waals surface area contributed by atoms with Crippen LogP contribution in [0.25, 0.3) is 32.9 Å². The number of rotatable bonds is 8. The van der Waals surface area contributed by atoms with E-state index in [1.807, 2.05) is 92.8 Å². The van der Waals surface area contributed by atoms with Gasteiger partial charge in [-0.15, -0.1) is 0 Å². The van der Waals surface area contributed by atoms with Crippen LogP contribution in [0.1, 0.15) is 35.6 Å². The second kappa shape index (κ2) is 15.3. The summed E-state index contributed by atoms with van der Waals surface area (Å²) in [6.07, 6.45) is 2.82. The highest BCUT2D eigenvalue weighted by molar-refractivity contribution is 6.71. The number of hydrogen-bond acceptors (Lipinski definition) is 9. The summed E-state index contributed by atoms with van der Waals surface area (Å²) in [6.45, 7) is 5.72. The molecule has 14 heteroatoms. The maximum Gasteiger partial charge on any atom is 0.279 e. The van der Waals surface area contributed by atoms with Gasteiger partial charge >= 0.3 is 0 Å². The van der Waals surface area contributed by atoms with Gasteiger partial charge < -0.3 is 24.4 Å². The molecule has 2 amide bonds. The number of carbonyl (C=O) groups is 2. The number of fused-ring (bicyclic) bond motifs is 5. The summed E-state index contributed by atoms with van der Waals surface area (Å²) in [5.41, 5.74) is 1.98. The van der Waals surface area contributed by atoms with Gasteiger partial charge in [0.2, 0.25) is 5.91 Å². The molecule has 2 aromatic heterocycles. The van der Waals surface area contributed by atoms with Crippen molar-refractivity contribution in [2.45, 2.75) is 69.2 Å². The number of aromatic nitrogens is 4. The molecule has 0 aliphatic carbocycles. The minimum atomic E-state index is -3.20. The molecule has 2 N–H and O–H groups in total. The number of hydrogen-bond donors (Lipinski definition) is 2. The molecular formula is C49H46N6O7Si. The maximum atomic E-state index is 15.5. The quantitative estimate of drug-likeness (QED) is 0.181. The van der Waals surface area contributed by atoms with Crippen LogP contribution in [0.2, 0.25) is 18.6 Å². The molecule has 0 saturated carbocycles. The first-order valence-electron chi connectivity index (χ1n) is 21.2. The lowest BCUT2D eigenvalue weighted by molar-refractivity contribution is -0.151. The van der Waals surface area contributed by atoms with E-state index in [0.717, 1.165) is 16.5 Å². The molecule has 3 aliphatic heterocycles. The number of anilines is 1. The van der Waals surface area contributed by atoms with Gasteiger partial charge in [0.25, 0.3) is 17.0 Å². The first-order chi connectivity index (χ1) is 30.4. The Kier molecular flexibility index (Phi) is 9.86. The van der Waals surface area contributed by atoms with Gasteiger partial charge in [-0.3, -0.25) is 19.2 Å². The van der Waals surface area contributed by atoms with E-state index in [2.05, 4.69) is 10.2 Å². The lowest BCUT2D eigenvalue weighted by Gasteiger charge is -2.37. The van der Waals surface area contributed by atoms with Crippen LogP contribution in [0.15, 0.2) is 137 Å². The summed E-state index contributed by atoms with van der Waals surface area (Å²) in [4.78, 5) is 73.0. The number of ether oxygens (including phenoxy) is 1. The van der Waals surface area contributed by atoms with E-state index in [4.69, 9.17) is 4.74 Å². The lowest BCUT2D eigenvalue weighted by atomic mass is 9.82. The van der Waals surface area contributed by atoms with Crippen LogP contribution >= 0.6 is 0 Å². The Hall–Kier alpha value is -6.58. The van der Waals surface area contributed by atoms with Crippen molar-refractivity contribution in [1.82, 2.24) is 24.5 Å². The maximum absolute atomic E-state index is 15.5. The molecule has 3 aliphatic rings. The van der Waals surface area contributed by atoms with Crippen molar-refractivity contribution in [3.63, 3.8) is 0 Å². The summed E-state index contributed by atoms with van der Waals surface area (Å²) >= 11 is 0. The second-order valence-electron chi connectivity index (χ2n) is 17.6. The summed E-state index contributed by atoms with van der Waals surface area (Å²) in [7, 11) is -3.20. The molecule has 1 fully saturated rings. The van der Waals surface area contributed by atoms with Gasteiger partial charge in [-0.2, -0.15) is 19.6 Å². The second-order valence-corrected chi connectivity index (χ2v) is 21.5. The van der Waals surface area contributed by atoms with Crippen LogP contribution in [-0.4, -0.2) is 73.2 Å². The van der Waals surface area contributed by atoms with E-state index in [0.29, 0.717) is 57.3 Å². The van der Waals surface area contributed by atoms with Gasteiger partial charge in [0.1, 0.15) is 0 Å². The van der Waals surface area contributed by atoms with E-state index < -0.39 is 37.5 Å². The molecule has 13 nitrogen and oxygen atoms in total. The average molecular weight is 859 g/mol. The Morgan fingerprint density at radius 3 is 2.06 bits per heavy atom. The van der Waals surface area contributed by atoms with Gasteiger partial charge in [-0.25, -0.2) is 0 Å². The van der Waals surface area contributed by atoms with Crippen molar-refractivity contribution in [2.75, 3.05) is 11.5 Å². The smallest absolute Gasteiger partial charge is 0.279 e.